The van der Waals surface area contributed by atoms with Gasteiger partial charge in [-0.1, -0.05) is 146 Å². The minimum atomic E-state index is -4.60. The van der Waals surface area contributed by atoms with Crippen LogP contribution in [0.4, 0.5) is 0 Å². The highest BCUT2D eigenvalue weighted by atomic mass is 32.2. The molecule has 0 aliphatic carbocycles. The lowest BCUT2D eigenvalue weighted by molar-refractivity contribution is -0.297. The van der Waals surface area contributed by atoms with Gasteiger partial charge in [0, 0.05) is 12.8 Å². The molecule has 0 saturated carbocycles. The summed E-state index contributed by atoms with van der Waals surface area (Å²) in [6, 6.07) is 0. The molecule has 0 aromatic heterocycles. The van der Waals surface area contributed by atoms with Crippen molar-refractivity contribution in [1.82, 2.24) is 0 Å². The minimum Gasteiger partial charge on any atom is -0.462 e. The number of allylic oxidation sites excluding steroid dienone is 8. The molecule has 1 aliphatic rings. The van der Waals surface area contributed by atoms with Crippen LogP contribution in [0.3, 0.4) is 0 Å². The number of carbonyl (C=O) groups is 2. The Hall–Kier alpha value is -2.39. The standard InChI is InChI=1S/C45H78O12S/c1-3-5-7-9-11-13-15-16-17-18-19-20-21-22-24-25-27-29-31-33-40(46)54-35-38(56-41(47)34-32-30-28-26-23-14-12-10-8-6-4-2)36-55-45-44(50)43(49)42(48)39(57-45)37-58(51,52)53/h11,13,16-17,19-20,22,24,38-39,42-45,48-50H,3-10,12,14-15,18,21,23,25-37H2,1-2H3,(H,51,52,53)/b13-11+,17-16+,20-19+,24-22+/t38-,39-,42-,43?,44?,45+/m1/s1. The highest BCUT2D eigenvalue weighted by Crippen LogP contribution is 2.24. The average molecular weight is 843 g/mol. The molecule has 58 heavy (non-hydrogen) atoms. The van der Waals surface area contributed by atoms with E-state index in [9.17, 15) is 37.9 Å². The van der Waals surface area contributed by atoms with Crippen molar-refractivity contribution in [1.29, 1.82) is 0 Å². The van der Waals surface area contributed by atoms with Crippen molar-refractivity contribution in [3.63, 3.8) is 0 Å². The number of carbonyl (C=O) groups excluding carboxylic acids is 2. The molecule has 0 bridgehead atoms. The fraction of sp³-hybridized carbons (Fsp3) is 0.778. The van der Waals surface area contributed by atoms with Crippen LogP contribution in [0.15, 0.2) is 48.6 Å². The van der Waals surface area contributed by atoms with Crippen LogP contribution in [0, 0.1) is 0 Å². The second kappa shape index (κ2) is 35.4. The van der Waals surface area contributed by atoms with Gasteiger partial charge in [-0.25, -0.2) is 0 Å². The van der Waals surface area contributed by atoms with Crippen molar-refractivity contribution in [2.24, 2.45) is 0 Å². The van der Waals surface area contributed by atoms with Crippen LogP contribution in [0.25, 0.3) is 0 Å². The van der Waals surface area contributed by atoms with Gasteiger partial charge >= 0.3 is 11.9 Å². The van der Waals surface area contributed by atoms with Gasteiger partial charge in [0.25, 0.3) is 10.1 Å². The molecular formula is C45H78O12S. The van der Waals surface area contributed by atoms with Crippen LogP contribution < -0.4 is 0 Å². The highest BCUT2D eigenvalue weighted by molar-refractivity contribution is 7.85. The number of rotatable bonds is 36. The number of ether oxygens (including phenoxy) is 4. The maximum Gasteiger partial charge on any atom is 0.306 e. The topological polar surface area (TPSA) is 186 Å². The first-order valence-corrected chi connectivity index (χ1v) is 23.8. The summed E-state index contributed by atoms with van der Waals surface area (Å²) in [4.78, 5) is 25.3. The molecule has 0 radical (unpaired) electrons. The third kappa shape index (κ3) is 29.8. The van der Waals surface area contributed by atoms with Crippen LogP contribution in [-0.2, 0) is 38.7 Å². The Morgan fingerprint density at radius 3 is 1.57 bits per heavy atom. The van der Waals surface area contributed by atoms with Crippen molar-refractivity contribution in [3.8, 4) is 0 Å². The van der Waals surface area contributed by atoms with E-state index < -0.39 is 71.2 Å². The zero-order valence-corrected chi connectivity index (χ0v) is 36.5. The van der Waals surface area contributed by atoms with E-state index in [2.05, 4.69) is 62.5 Å². The lowest BCUT2D eigenvalue weighted by Crippen LogP contribution is -2.60. The summed E-state index contributed by atoms with van der Waals surface area (Å²) < 4.78 is 53.9. The predicted molar refractivity (Wildman–Crippen MR) is 229 cm³/mol. The van der Waals surface area contributed by atoms with Crippen molar-refractivity contribution < 1.29 is 56.8 Å². The zero-order valence-electron chi connectivity index (χ0n) is 35.6. The lowest BCUT2D eigenvalue weighted by Gasteiger charge is -2.40. The van der Waals surface area contributed by atoms with E-state index in [1.165, 1.54) is 70.6 Å². The van der Waals surface area contributed by atoms with Crippen LogP contribution in [0.1, 0.15) is 168 Å². The van der Waals surface area contributed by atoms with Crippen LogP contribution in [0.2, 0.25) is 0 Å². The maximum atomic E-state index is 12.8. The van der Waals surface area contributed by atoms with Crippen molar-refractivity contribution in [2.45, 2.75) is 205 Å². The third-order valence-electron chi connectivity index (χ3n) is 9.91. The van der Waals surface area contributed by atoms with Crippen molar-refractivity contribution >= 4 is 22.1 Å². The molecule has 1 fully saturated rings. The zero-order chi connectivity index (χ0) is 42.7. The molecule has 1 rings (SSSR count). The second-order valence-corrected chi connectivity index (χ2v) is 16.9. The molecule has 336 valence electrons. The number of hydrogen-bond acceptors (Lipinski definition) is 11. The van der Waals surface area contributed by atoms with Crippen LogP contribution in [-0.4, -0.2) is 96.0 Å². The molecule has 0 aromatic rings. The first kappa shape index (κ1) is 53.6. The summed E-state index contributed by atoms with van der Waals surface area (Å²) in [5, 5.41) is 30.8. The lowest BCUT2D eigenvalue weighted by atomic mass is 10.00. The largest absolute Gasteiger partial charge is 0.462 e. The predicted octanol–water partition coefficient (Wildman–Crippen LogP) is 8.78. The molecule has 12 nitrogen and oxygen atoms in total. The Balaban J connectivity index is 2.46. The molecule has 1 aliphatic heterocycles. The van der Waals surface area contributed by atoms with E-state index >= 15 is 0 Å². The van der Waals surface area contributed by atoms with Crippen LogP contribution in [0.5, 0.6) is 0 Å². The third-order valence-corrected chi connectivity index (χ3v) is 10.7. The Kier molecular flexibility index (Phi) is 32.7. The first-order chi connectivity index (χ1) is 28.0. The number of aliphatic hydroxyl groups excluding tert-OH is 3. The molecule has 4 N–H and O–H groups in total. The summed E-state index contributed by atoms with van der Waals surface area (Å²) in [5.74, 6) is -2.02. The molecule has 0 spiro atoms. The SMILES string of the molecule is CCCCC/C=C/C/C=C/C/C=C/C/C=C/CCCCCC(=O)OC[C@H](CO[C@H]1O[C@H](CS(=O)(=O)O)[C@@H](O)C(O)C1O)OC(=O)CCCCCCCCCCCCC. The Bertz CT molecular complexity index is 1260. The molecule has 1 heterocycles. The van der Waals surface area contributed by atoms with Gasteiger partial charge in [-0.3, -0.25) is 14.1 Å². The summed E-state index contributed by atoms with van der Waals surface area (Å²) in [6.07, 6.45) is 31.6. The molecule has 2 unspecified atom stereocenters. The monoisotopic (exact) mass is 843 g/mol. The average Bonchev–Trinajstić information content (AvgIpc) is 3.18. The molecule has 0 aromatic carbocycles. The number of esters is 2. The molecular weight excluding hydrogens is 765 g/mol. The van der Waals surface area contributed by atoms with Gasteiger partial charge in [-0.05, 0) is 57.8 Å². The van der Waals surface area contributed by atoms with Crippen LogP contribution >= 0.6 is 0 Å². The van der Waals surface area contributed by atoms with Gasteiger partial charge < -0.3 is 34.3 Å². The quantitative estimate of drug-likeness (QED) is 0.0204. The van der Waals surface area contributed by atoms with E-state index in [0.29, 0.717) is 12.8 Å². The smallest absolute Gasteiger partial charge is 0.306 e. The van der Waals surface area contributed by atoms with E-state index in [0.717, 1.165) is 57.8 Å². The minimum absolute atomic E-state index is 0.158. The van der Waals surface area contributed by atoms with E-state index in [1.807, 2.05) is 0 Å². The Morgan fingerprint density at radius 2 is 1.03 bits per heavy atom. The molecule has 1 saturated heterocycles. The fourth-order valence-corrected chi connectivity index (χ4v) is 7.11. The van der Waals surface area contributed by atoms with Gasteiger partial charge in [0.2, 0.25) is 0 Å². The number of hydrogen-bond donors (Lipinski definition) is 4. The summed E-state index contributed by atoms with van der Waals surface area (Å²) in [7, 11) is -4.60. The molecule has 13 heteroatoms. The van der Waals surface area contributed by atoms with Crippen molar-refractivity contribution in [3.05, 3.63) is 48.6 Å². The molecule has 0 amide bonds. The van der Waals surface area contributed by atoms with Gasteiger partial charge in [0.05, 0.1) is 6.61 Å². The summed E-state index contributed by atoms with van der Waals surface area (Å²) in [6.45, 7) is 3.68. The first-order valence-electron chi connectivity index (χ1n) is 22.2. The van der Waals surface area contributed by atoms with Gasteiger partial charge in [-0.2, -0.15) is 8.42 Å². The number of aliphatic hydroxyl groups is 3. The van der Waals surface area contributed by atoms with E-state index in [1.54, 1.807) is 0 Å². The van der Waals surface area contributed by atoms with Crippen molar-refractivity contribution in [2.75, 3.05) is 19.0 Å². The fourth-order valence-electron chi connectivity index (χ4n) is 6.42. The number of unbranched alkanes of at least 4 members (excludes halogenated alkanes) is 16. The second-order valence-electron chi connectivity index (χ2n) is 15.4. The summed E-state index contributed by atoms with van der Waals surface area (Å²) >= 11 is 0. The van der Waals surface area contributed by atoms with Gasteiger partial charge in [-0.15, -0.1) is 0 Å². The Labute approximate surface area is 350 Å². The van der Waals surface area contributed by atoms with E-state index in [4.69, 9.17) is 18.9 Å². The van der Waals surface area contributed by atoms with E-state index in [-0.39, 0.29) is 19.4 Å². The normalized spacial score (nSPS) is 20.8. The van der Waals surface area contributed by atoms with Gasteiger partial charge in [0.15, 0.2) is 12.4 Å². The molecule has 6 atom stereocenters. The highest BCUT2D eigenvalue weighted by Gasteiger charge is 2.46. The summed E-state index contributed by atoms with van der Waals surface area (Å²) in [5.41, 5.74) is 0. The van der Waals surface area contributed by atoms with Gasteiger partial charge in [0.1, 0.15) is 36.8 Å². The Morgan fingerprint density at radius 1 is 0.586 bits per heavy atom. The maximum absolute atomic E-state index is 12.8.